The molecule has 0 aromatic heterocycles. The highest BCUT2D eigenvalue weighted by atomic mass is 79.9. The van der Waals surface area contributed by atoms with E-state index in [9.17, 15) is 0 Å². The van der Waals surface area contributed by atoms with Crippen LogP contribution >= 0.6 is 27.5 Å². The van der Waals surface area contributed by atoms with E-state index in [1.54, 1.807) is 0 Å². The van der Waals surface area contributed by atoms with Gasteiger partial charge in [0.1, 0.15) is 0 Å². The van der Waals surface area contributed by atoms with Crippen LogP contribution in [0.1, 0.15) is 38.5 Å². The number of nitrogens with one attached hydrogen (secondary N) is 1. The van der Waals surface area contributed by atoms with Crippen LogP contribution in [0, 0.1) is 11.8 Å². The molecule has 3 heteroatoms. The molecule has 1 aromatic carbocycles. The monoisotopic (exact) mass is 327 g/mol. The fourth-order valence-corrected chi connectivity index (χ4v) is 3.72. The van der Waals surface area contributed by atoms with E-state index >= 15 is 0 Å². The van der Waals surface area contributed by atoms with E-state index < -0.39 is 0 Å². The zero-order valence-electron chi connectivity index (χ0n) is 10.5. The van der Waals surface area contributed by atoms with E-state index in [0.717, 1.165) is 27.0 Å². The van der Waals surface area contributed by atoms with Gasteiger partial charge in [-0.2, -0.15) is 0 Å². The van der Waals surface area contributed by atoms with Crippen molar-refractivity contribution in [2.45, 2.75) is 44.6 Å². The molecule has 2 fully saturated rings. The molecule has 1 aromatic rings. The maximum absolute atomic E-state index is 6.06. The van der Waals surface area contributed by atoms with Gasteiger partial charge in [-0.05, 0) is 71.6 Å². The summed E-state index contributed by atoms with van der Waals surface area (Å²) in [7, 11) is 0. The third kappa shape index (κ3) is 3.03. The van der Waals surface area contributed by atoms with Crippen LogP contribution in [-0.2, 0) is 0 Å². The van der Waals surface area contributed by atoms with Gasteiger partial charge in [0.15, 0.2) is 0 Å². The minimum atomic E-state index is 0.624. The Balaban J connectivity index is 1.65. The average Bonchev–Trinajstić information content (AvgIpc) is 3.18. The molecular formula is C15H19BrClN. The SMILES string of the molecule is Clc1ccc(Br)c(NC2CCCC(C3CC3)C2)c1. The van der Waals surface area contributed by atoms with Gasteiger partial charge in [-0.3, -0.25) is 0 Å². The quantitative estimate of drug-likeness (QED) is 0.774. The second-order valence-corrected chi connectivity index (χ2v) is 7.02. The minimum absolute atomic E-state index is 0.624. The molecule has 0 spiro atoms. The number of rotatable bonds is 3. The Morgan fingerprint density at radius 1 is 1.11 bits per heavy atom. The van der Waals surface area contributed by atoms with E-state index in [-0.39, 0.29) is 0 Å². The average molecular weight is 329 g/mol. The molecule has 2 aliphatic rings. The van der Waals surface area contributed by atoms with Gasteiger partial charge in [0.2, 0.25) is 0 Å². The van der Waals surface area contributed by atoms with Crippen molar-refractivity contribution in [3.8, 4) is 0 Å². The number of hydrogen-bond donors (Lipinski definition) is 1. The third-order valence-corrected chi connectivity index (χ3v) is 5.22. The van der Waals surface area contributed by atoms with Crippen molar-refractivity contribution in [1.82, 2.24) is 0 Å². The zero-order valence-corrected chi connectivity index (χ0v) is 12.8. The third-order valence-electron chi connectivity index (χ3n) is 4.29. The summed E-state index contributed by atoms with van der Waals surface area (Å²) >= 11 is 9.66. The topological polar surface area (TPSA) is 12.0 Å². The van der Waals surface area contributed by atoms with Crippen molar-refractivity contribution in [3.63, 3.8) is 0 Å². The molecule has 2 saturated carbocycles. The summed E-state index contributed by atoms with van der Waals surface area (Å²) in [5.74, 6) is 2.01. The highest BCUT2D eigenvalue weighted by Gasteiger charge is 2.34. The highest BCUT2D eigenvalue weighted by Crippen LogP contribution is 2.44. The molecule has 3 rings (SSSR count). The van der Waals surface area contributed by atoms with Crippen molar-refractivity contribution < 1.29 is 0 Å². The van der Waals surface area contributed by atoms with Crippen molar-refractivity contribution in [2.75, 3.05) is 5.32 Å². The van der Waals surface area contributed by atoms with E-state index in [2.05, 4.69) is 21.2 Å². The van der Waals surface area contributed by atoms with Gasteiger partial charge in [-0.1, -0.05) is 24.4 Å². The number of anilines is 1. The lowest BCUT2D eigenvalue weighted by Crippen LogP contribution is -2.28. The molecule has 0 saturated heterocycles. The molecule has 98 valence electrons. The Kier molecular flexibility index (Phi) is 3.86. The molecule has 2 aliphatic carbocycles. The van der Waals surface area contributed by atoms with Crippen LogP contribution < -0.4 is 5.32 Å². The van der Waals surface area contributed by atoms with E-state index in [1.807, 2.05) is 18.2 Å². The van der Waals surface area contributed by atoms with Crippen LogP contribution in [0.2, 0.25) is 5.02 Å². The van der Waals surface area contributed by atoms with E-state index in [4.69, 9.17) is 11.6 Å². The normalized spacial score (nSPS) is 28.1. The van der Waals surface area contributed by atoms with Crippen LogP contribution in [0.3, 0.4) is 0 Å². The first kappa shape index (κ1) is 12.8. The molecule has 1 nitrogen and oxygen atoms in total. The maximum Gasteiger partial charge on any atom is 0.0501 e. The standard InChI is InChI=1S/C15H19BrClN/c16-14-7-6-12(17)9-15(14)18-13-3-1-2-11(8-13)10-4-5-10/h6-7,9-11,13,18H,1-5,8H2. The second kappa shape index (κ2) is 5.42. The lowest BCUT2D eigenvalue weighted by molar-refractivity contribution is 0.303. The van der Waals surface area contributed by atoms with E-state index in [1.165, 1.54) is 38.5 Å². The lowest BCUT2D eigenvalue weighted by Gasteiger charge is -2.31. The molecule has 0 bridgehead atoms. The molecule has 0 radical (unpaired) electrons. The van der Waals surface area contributed by atoms with Crippen molar-refractivity contribution in [3.05, 3.63) is 27.7 Å². The van der Waals surface area contributed by atoms with Crippen molar-refractivity contribution in [1.29, 1.82) is 0 Å². The summed E-state index contributed by atoms with van der Waals surface area (Å²) in [4.78, 5) is 0. The Hall–Kier alpha value is -0.210. The molecule has 2 atom stereocenters. The van der Waals surface area contributed by atoms with Gasteiger partial charge in [0, 0.05) is 15.5 Å². The van der Waals surface area contributed by atoms with Gasteiger partial charge in [-0.25, -0.2) is 0 Å². The smallest absolute Gasteiger partial charge is 0.0501 e. The van der Waals surface area contributed by atoms with Crippen molar-refractivity contribution >= 4 is 33.2 Å². The Labute approximate surface area is 122 Å². The lowest BCUT2D eigenvalue weighted by atomic mass is 9.82. The number of benzene rings is 1. The van der Waals surface area contributed by atoms with Crippen LogP contribution in [0.25, 0.3) is 0 Å². The van der Waals surface area contributed by atoms with Crippen LogP contribution in [0.5, 0.6) is 0 Å². The summed E-state index contributed by atoms with van der Waals surface area (Å²) in [6.07, 6.45) is 8.39. The molecule has 1 N–H and O–H groups in total. The fourth-order valence-electron chi connectivity index (χ4n) is 3.18. The molecule has 0 amide bonds. The first-order valence-electron chi connectivity index (χ1n) is 6.94. The predicted octanol–water partition coefficient (Wildman–Crippen LogP) is 5.48. The second-order valence-electron chi connectivity index (χ2n) is 5.73. The Morgan fingerprint density at radius 3 is 2.72 bits per heavy atom. The molecule has 0 heterocycles. The van der Waals surface area contributed by atoms with Crippen molar-refractivity contribution in [2.24, 2.45) is 11.8 Å². The summed E-state index contributed by atoms with van der Waals surface area (Å²) in [5, 5.41) is 4.47. The first-order valence-corrected chi connectivity index (χ1v) is 8.11. The van der Waals surface area contributed by atoms with Gasteiger partial charge < -0.3 is 5.32 Å². The highest BCUT2D eigenvalue weighted by molar-refractivity contribution is 9.10. The fraction of sp³-hybridized carbons (Fsp3) is 0.600. The van der Waals surface area contributed by atoms with Gasteiger partial charge >= 0.3 is 0 Å². The largest absolute Gasteiger partial charge is 0.381 e. The zero-order chi connectivity index (χ0) is 12.5. The Bertz CT molecular complexity index is 431. The Morgan fingerprint density at radius 2 is 1.94 bits per heavy atom. The molecule has 18 heavy (non-hydrogen) atoms. The number of halogens is 2. The van der Waals surface area contributed by atoms with Crippen LogP contribution in [0.15, 0.2) is 22.7 Å². The summed E-state index contributed by atoms with van der Waals surface area (Å²) in [5.41, 5.74) is 1.14. The summed E-state index contributed by atoms with van der Waals surface area (Å²) in [6, 6.07) is 6.59. The predicted molar refractivity (Wildman–Crippen MR) is 81.2 cm³/mol. The summed E-state index contributed by atoms with van der Waals surface area (Å²) in [6.45, 7) is 0. The first-order chi connectivity index (χ1) is 8.72. The maximum atomic E-state index is 6.06. The minimum Gasteiger partial charge on any atom is -0.381 e. The van der Waals surface area contributed by atoms with Gasteiger partial charge in [-0.15, -0.1) is 0 Å². The summed E-state index contributed by atoms with van der Waals surface area (Å²) < 4.78 is 1.11. The van der Waals surface area contributed by atoms with E-state index in [0.29, 0.717) is 6.04 Å². The molecule has 0 aliphatic heterocycles. The number of hydrogen-bond acceptors (Lipinski definition) is 1. The van der Waals surface area contributed by atoms with Crippen LogP contribution in [-0.4, -0.2) is 6.04 Å². The van der Waals surface area contributed by atoms with Crippen LogP contribution in [0.4, 0.5) is 5.69 Å². The van der Waals surface area contributed by atoms with Gasteiger partial charge in [0.05, 0.1) is 5.69 Å². The van der Waals surface area contributed by atoms with Gasteiger partial charge in [0.25, 0.3) is 0 Å². The molecular weight excluding hydrogens is 310 g/mol. The molecule has 2 unspecified atom stereocenters.